The molecule has 3 unspecified atom stereocenters. The number of nitrogens with zero attached hydrogens (tertiary/aromatic N) is 1. The molecule has 1 saturated carbocycles. The molecule has 0 spiro atoms. The summed E-state index contributed by atoms with van der Waals surface area (Å²) in [6, 6.07) is 27.2. The number of phenols is 1. The average molecular weight is 574 g/mol. The number of hydrogen-bond acceptors (Lipinski definition) is 2. The van der Waals surface area contributed by atoms with Crippen LogP contribution >= 0.6 is 17.0 Å². The van der Waals surface area contributed by atoms with Crippen LogP contribution in [0.1, 0.15) is 62.3 Å². The Kier molecular flexibility index (Phi) is 10.4. The van der Waals surface area contributed by atoms with Gasteiger partial charge < -0.3 is 5.11 Å². The molecule has 1 fully saturated rings. The number of phenolic OH excluding ortho intramolecular Hbond substituents is 1. The fourth-order valence-electron chi connectivity index (χ4n) is 5.03. The van der Waals surface area contributed by atoms with Crippen LogP contribution in [0.15, 0.2) is 83.9 Å². The summed E-state index contributed by atoms with van der Waals surface area (Å²) in [7, 11) is 9.87. The Morgan fingerprint density at radius 1 is 0.882 bits per heavy atom. The Bertz CT molecular complexity index is 1020. The second-order valence-corrected chi connectivity index (χ2v) is 13.0. The molecular formula is C29H33Cl2NOZr. The molecular weight excluding hydrogens is 540 g/mol. The van der Waals surface area contributed by atoms with Crippen molar-refractivity contribution in [2.24, 2.45) is 16.8 Å². The van der Waals surface area contributed by atoms with Crippen LogP contribution in [-0.2, 0) is 26.3 Å². The zero-order valence-corrected chi connectivity index (χ0v) is 24.1. The first-order valence-electron chi connectivity index (χ1n) is 11.9. The fourth-order valence-corrected chi connectivity index (χ4v) is 5.03. The summed E-state index contributed by atoms with van der Waals surface area (Å²) in [5.74, 6) is 1.60. The van der Waals surface area contributed by atoms with Crippen molar-refractivity contribution in [3.05, 3.63) is 101 Å². The van der Waals surface area contributed by atoms with Gasteiger partial charge in [-0.1, -0.05) is 99.5 Å². The van der Waals surface area contributed by atoms with Gasteiger partial charge in [-0.25, -0.2) is 0 Å². The van der Waals surface area contributed by atoms with Gasteiger partial charge in [0.1, 0.15) is 5.75 Å². The van der Waals surface area contributed by atoms with Crippen LogP contribution in [0.5, 0.6) is 5.75 Å². The molecule has 3 atom stereocenters. The second kappa shape index (κ2) is 13.1. The van der Waals surface area contributed by atoms with Crippen LogP contribution in [0.2, 0.25) is 0 Å². The molecule has 1 aliphatic carbocycles. The first-order valence-corrected chi connectivity index (χ1v) is 18.2. The van der Waals surface area contributed by atoms with Crippen LogP contribution < -0.4 is 0 Å². The first kappa shape index (κ1) is 27.2. The minimum atomic E-state index is -0.826. The van der Waals surface area contributed by atoms with E-state index in [1.165, 1.54) is 12.8 Å². The summed E-state index contributed by atoms with van der Waals surface area (Å²) < 4.78 is 0. The quantitative estimate of drug-likeness (QED) is 0.241. The zero-order valence-electron chi connectivity index (χ0n) is 20.1. The van der Waals surface area contributed by atoms with Gasteiger partial charge >= 0.3 is 37.9 Å². The molecule has 178 valence electrons. The third kappa shape index (κ3) is 6.23. The molecule has 0 bridgehead atoms. The summed E-state index contributed by atoms with van der Waals surface area (Å²) in [5, 5.41) is 11.4. The van der Waals surface area contributed by atoms with Gasteiger partial charge in [0.15, 0.2) is 0 Å². The fraction of sp³-hybridized carbons (Fsp3) is 0.345. The van der Waals surface area contributed by atoms with Gasteiger partial charge in [0, 0.05) is 22.8 Å². The van der Waals surface area contributed by atoms with Crippen molar-refractivity contribution in [1.29, 1.82) is 0 Å². The number of para-hydroxylation sites is 1. The van der Waals surface area contributed by atoms with Gasteiger partial charge in [0.05, 0.1) is 6.04 Å². The van der Waals surface area contributed by atoms with Crippen molar-refractivity contribution in [3.8, 4) is 5.75 Å². The topological polar surface area (TPSA) is 32.6 Å². The number of aliphatic imine (C=N–C) groups is 1. The SMILES string of the molecule is CC1CCCC(N=Cc2cccc(C(C)(c3ccccc3)c3ccccc3)c2O)C1C.[Cl][Zr][Cl]. The van der Waals surface area contributed by atoms with E-state index in [2.05, 4.69) is 69.3 Å². The van der Waals surface area contributed by atoms with Crippen LogP contribution in [-0.4, -0.2) is 17.4 Å². The van der Waals surface area contributed by atoms with Gasteiger partial charge in [0.25, 0.3) is 0 Å². The van der Waals surface area contributed by atoms with Crippen molar-refractivity contribution in [3.63, 3.8) is 0 Å². The van der Waals surface area contributed by atoms with Crippen LogP contribution in [0.4, 0.5) is 0 Å². The Labute approximate surface area is 223 Å². The average Bonchev–Trinajstić information content (AvgIpc) is 2.87. The minimum absolute atomic E-state index is 0.318. The van der Waals surface area contributed by atoms with Crippen molar-refractivity contribution in [2.75, 3.05) is 0 Å². The Hall–Kier alpha value is -1.41. The standard InChI is InChI=1S/C29H33NO.2ClH.Zr/c1-21-12-10-19-27(22(21)2)30-20-23-13-11-18-26(28(23)31)29(3,24-14-6-4-7-15-24)25-16-8-5-9-17-25;;;/h4-9,11,13-18,20-22,27,31H,10,12,19H2,1-3H3;2*1H;/q;;;+2/p-2. The number of halogens is 2. The van der Waals surface area contributed by atoms with E-state index >= 15 is 0 Å². The molecule has 0 radical (unpaired) electrons. The third-order valence-corrected chi connectivity index (χ3v) is 7.38. The monoisotopic (exact) mass is 571 g/mol. The van der Waals surface area contributed by atoms with E-state index in [0.717, 1.165) is 28.7 Å². The van der Waals surface area contributed by atoms with E-state index in [1.54, 1.807) is 0 Å². The number of hydrogen-bond donors (Lipinski definition) is 1. The molecule has 34 heavy (non-hydrogen) atoms. The number of aromatic hydroxyl groups is 1. The van der Waals surface area contributed by atoms with Crippen molar-refractivity contribution in [1.82, 2.24) is 0 Å². The maximum atomic E-state index is 11.4. The second-order valence-electron chi connectivity index (χ2n) is 9.28. The van der Waals surface area contributed by atoms with Crippen molar-refractivity contribution in [2.45, 2.75) is 51.5 Å². The van der Waals surface area contributed by atoms with Crippen molar-refractivity contribution >= 4 is 23.2 Å². The molecule has 3 aromatic rings. The molecule has 0 aliphatic heterocycles. The Balaban J connectivity index is 0.00000103. The summed E-state index contributed by atoms with van der Waals surface area (Å²) in [4.78, 5) is 4.93. The van der Waals surface area contributed by atoms with E-state index < -0.39 is 26.3 Å². The third-order valence-electron chi connectivity index (χ3n) is 7.38. The van der Waals surface area contributed by atoms with Gasteiger partial charge in [-0.05, 0) is 42.4 Å². The zero-order chi connectivity index (χ0) is 24.6. The van der Waals surface area contributed by atoms with Crippen LogP contribution in [0.25, 0.3) is 0 Å². The molecule has 1 aliphatic rings. The molecule has 2 nitrogen and oxygen atoms in total. The van der Waals surface area contributed by atoms with Gasteiger partial charge in [-0.2, -0.15) is 0 Å². The number of rotatable bonds is 5. The molecule has 0 aromatic heterocycles. The predicted molar refractivity (Wildman–Crippen MR) is 142 cm³/mol. The molecule has 0 heterocycles. The van der Waals surface area contributed by atoms with E-state index in [-0.39, 0.29) is 0 Å². The van der Waals surface area contributed by atoms with E-state index in [4.69, 9.17) is 22.0 Å². The molecule has 4 rings (SSSR count). The Morgan fingerprint density at radius 3 is 2.00 bits per heavy atom. The van der Waals surface area contributed by atoms with Crippen LogP contribution in [0, 0.1) is 11.8 Å². The maximum absolute atomic E-state index is 11.4. The summed E-state index contributed by atoms with van der Waals surface area (Å²) in [5.41, 5.74) is 3.53. The molecule has 1 N–H and O–H groups in total. The van der Waals surface area contributed by atoms with Crippen molar-refractivity contribution < 1.29 is 26.0 Å². The predicted octanol–water partition coefficient (Wildman–Crippen LogP) is 8.37. The molecule has 0 saturated heterocycles. The Morgan fingerprint density at radius 2 is 1.44 bits per heavy atom. The summed E-state index contributed by atoms with van der Waals surface area (Å²) >= 11 is -0.826. The van der Waals surface area contributed by atoms with Crippen LogP contribution in [0.3, 0.4) is 0 Å². The van der Waals surface area contributed by atoms with E-state index in [9.17, 15) is 5.11 Å². The van der Waals surface area contributed by atoms with E-state index in [0.29, 0.717) is 23.6 Å². The summed E-state index contributed by atoms with van der Waals surface area (Å²) in [6.45, 7) is 6.83. The summed E-state index contributed by atoms with van der Waals surface area (Å²) in [6.07, 6.45) is 5.56. The van der Waals surface area contributed by atoms with Gasteiger partial charge in [-0.3, -0.25) is 4.99 Å². The first-order chi connectivity index (χ1) is 16.4. The number of benzene rings is 3. The molecule has 3 aromatic carbocycles. The molecule has 0 amide bonds. The van der Waals surface area contributed by atoms with Gasteiger partial charge in [0.2, 0.25) is 0 Å². The van der Waals surface area contributed by atoms with Gasteiger partial charge in [-0.15, -0.1) is 0 Å². The normalized spacial score (nSPS) is 20.4. The molecule has 5 heteroatoms. The van der Waals surface area contributed by atoms with E-state index in [1.807, 2.05) is 36.5 Å².